The molecule has 0 radical (unpaired) electrons. The molecule has 0 aliphatic carbocycles. The summed E-state index contributed by atoms with van der Waals surface area (Å²) in [6.45, 7) is 2.91. The van der Waals surface area contributed by atoms with Gasteiger partial charge in [0.25, 0.3) is 5.79 Å². The molecule has 8 heteroatoms. The Morgan fingerprint density at radius 2 is 1.96 bits per heavy atom. The third-order valence-electron chi connectivity index (χ3n) is 3.23. The Labute approximate surface area is 136 Å². The third-order valence-corrected chi connectivity index (χ3v) is 3.23. The van der Waals surface area contributed by atoms with Gasteiger partial charge in [-0.1, -0.05) is 0 Å². The maximum absolute atomic E-state index is 13.5. The van der Waals surface area contributed by atoms with E-state index >= 15 is 0 Å². The lowest BCUT2D eigenvalue weighted by molar-refractivity contribution is -0.222. The lowest BCUT2D eigenvalue weighted by atomic mass is 10.2. The van der Waals surface area contributed by atoms with Gasteiger partial charge in [0.15, 0.2) is 5.57 Å². The Kier molecular flexibility index (Phi) is 3.80. The van der Waals surface area contributed by atoms with Crippen LogP contribution in [0, 0.1) is 5.82 Å². The SMILES string of the molecule is CC1(C)OC(=O)C(=CNc2cc(F)ccc2-n2ccnc2)C(=O)O1. The van der Waals surface area contributed by atoms with Crippen LogP contribution < -0.4 is 5.32 Å². The van der Waals surface area contributed by atoms with Crippen molar-refractivity contribution in [2.45, 2.75) is 19.6 Å². The van der Waals surface area contributed by atoms with Crippen molar-refractivity contribution in [3.8, 4) is 5.69 Å². The number of nitrogens with zero attached hydrogens (tertiary/aromatic N) is 2. The quantitative estimate of drug-likeness (QED) is 0.527. The number of imidazole rings is 1. The van der Waals surface area contributed by atoms with Crippen LogP contribution in [0.5, 0.6) is 0 Å². The Balaban J connectivity index is 1.91. The number of cyclic esters (lactones) is 2. The van der Waals surface area contributed by atoms with Crippen molar-refractivity contribution >= 4 is 17.6 Å². The fourth-order valence-corrected chi connectivity index (χ4v) is 2.18. The monoisotopic (exact) mass is 331 g/mol. The molecule has 24 heavy (non-hydrogen) atoms. The summed E-state index contributed by atoms with van der Waals surface area (Å²) in [5, 5.41) is 2.75. The second kappa shape index (κ2) is 5.80. The molecule has 7 nitrogen and oxygen atoms in total. The molecule has 0 unspecified atom stereocenters. The van der Waals surface area contributed by atoms with E-state index < -0.39 is 23.5 Å². The average Bonchev–Trinajstić information content (AvgIpc) is 2.99. The van der Waals surface area contributed by atoms with E-state index in [-0.39, 0.29) is 5.57 Å². The molecule has 1 saturated heterocycles. The number of aromatic nitrogens is 2. The van der Waals surface area contributed by atoms with Gasteiger partial charge >= 0.3 is 11.9 Å². The van der Waals surface area contributed by atoms with Crippen molar-refractivity contribution in [3.63, 3.8) is 0 Å². The summed E-state index contributed by atoms with van der Waals surface area (Å²) < 4.78 is 25.2. The van der Waals surface area contributed by atoms with Gasteiger partial charge in [-0.2, -0.15) is 0 Å². The highest BCUT2D eigenvalue weighted by molar-refractivity contribution is 6.15. The molecule has 2 heterocycles. The molecule has 0 amide bonds. The van der Waals surface area contributed by atoms with Gasteiger partial charge in [-0.15, -0.1) is 0 Å². The van der Waals surface area contributed by atoms with Crippen LogP contribution in [0.15, 0.2) is 48.7 Å². The molecule has 1 fully saturated rings. The van der Waals surface area contributed by atoms with E-state index in [9.17, 15) is 14.0 Å². The molecule has 1 aromatic heterocycles. The first-order valence-corrected chi connectivity index (χ1v) is 7.07. The fourth-order valence-electron chi connectivity index (χ4n) is 2.18. The van der Waals surface area contributed by atoms with E-state index in [0.717, 1.165) is 6.20 Å². The maximum Gasteiger partial charge on any atom is 0.350 e. The van der Waals surface area contributed by atoms with Crippen LogP contribution in [0.2, 0.25) is 0 Å². The van der Waals surface area contributed by atoms with Gasteiger partial charge in [0.2, 0.25) is 0 Å². The van der Waals surface area contributed by atoms with Crippen molar-refractivity contribution in [3.05, 3.63) is 54.5 Å². The Bertz CT molecular complexity index is 806. The van der Waals surface area contributed by atoms with E-state index in [1.54, 1.807) is 23.0 Å². The van der Waals surface area contributed by atoms with Crippen LogP contribution in [0.1, 0.15) is 13.8 Å². The highest BCUT2D eigenvalue weighted by Crippen LogP contribution is 2.25. The molecule has 0 saturated carbocycles. The zero-order chi connectivity index (χ0) is 17.3. The highest BCUT2D eigenvalue weighted by Gasteiger charge is 2.38. The number of anilines is 1. The predicted molar refractivity (Wildman–Crippen MR) is 81.5 cm³/mol. The summed E-state index contributed by atoms with van der Waals surface area (Å²) in [7, 11) is 0. The molecule has 3 rings (SSSR count). The van der Waals surface area contributed by atoms with Gasteiger partial charge in [0.05, 0.1) is 17.7 Å². The van der Waals surface area contributed by atoms with E-state index in [2.05, 4.69) is 10.3 Å². The molecule has 0 atom stereocenters. The number of rotatable bonds is 3. The summed E-state index contributed by atoms with van der Waals surface area (Å²) in [4.78, 5) is 27.7. The van der Waals surface area contributed by atoms with Crippen LogP contribution in [-0.4, -0.2) is 27.3 Å². The first-order chi connectivity index (χ1) is 11.4. The third kappa shape index (κ3) is 3.12. The highest BCUT2D eigenvalue weighted by atomic mass is 19.1. The lowest BCUT2D eigenvalue weighted by Gasteiger charge is -2.29. The van der Waals surface area contributed by atoms with Gasteiger partial charge in [-0.3, -0.25) is 0 Å². The summed E-state index contributed by atoms with van der Waals surface area (Å²) in [5.41, 5.74) is 0.615. The fraction of sp³-hybridized carbons (Fsp3) is 0.188. The summed E-state index contributed by atoms with van der Waals surface area (Å²) >= 11 is 0. The van der Waals surface area contributed by atoms with Gasteiger partial charge in [-0.25, -0.2) is 19.0 Å². The van der Waals surface area contributed by atoms with Crippen molar-refractivity contribution in [1.29, 1.82) is 0 Å². The number of carbonyl (C=O) groups is 2. The molecule has 1 N–H and O–H groups in total. The molecule has 124 valence electrons. The molecular weight excluding hydrogens is 317 g/mol. The Morgan fingerprint density at radius 3 is 2.58 bits per heavy atom. The van der Waals surface area contributed by atoms with Crippen LogP contribution in [0.4, 0.5) is 10.1 Å². The smallest absolute Gasteiger partial charge is 0.350 e. The summed E-state index contributed by atoms with van der Waals surface area (Å²) in [6.07, 6.45) is 5.92. The molecule has 0 spiro atoms. The maximum atomic E-state index is 13.5. The number of carbonyl (C=O) groups excluding carboxylic acids is 2. The number of hydrogen-bond acceptors (Lipinski definition) is 6. The first kappa shape index (κ1) is 15.7. The molecule has 0 bridgehead atoms. The number of hydrogen-bond donors (Lipinski definition) is 1. The van der Waals surface area contributed by atoms with Crippen molar-refractivity contribution < 1.29 is 23.5 Å². The van der Waals surface area contributed by atoms with Gasteiger partial charge in [0, 0.05) is 32.4 Å². The number of halogens is 1. The number of esters is 2. The second-order valence-electron chi connectivity index (χ2n) is 5.51. The molecule has 1 aliphatic heterocycles. The van der Waals surface area contributed by atoms with Crippen LogP contribution in [0.3, 0.4) is 0 Å². The van der Waals surface area contributed by atoms with Crippen molar-refractivity contribution in [2.24, 2.45) is 0 Å². The number of nitrogens with one attached hydrogen (secondary N) is 1. The Hall–Kier alpha value is -3.16. The molecule has 2 aromatic rings. The van der Waals surface area contributed by atoms with Crippen LogP contribution in [-0.2, 0) is 19.1 Å². The summed E-state index contributed by atoms with van der Waals surface area (Å²) in [5.74, 6) is -3.42. The largest absolute Gasteiger partial charge is 0.419 e. The van der Waals surface area contributed by atoms with E-state index in [0.29, 0.717) is 11.4 Å². The summed E-state index contributed by atoms with van der Waals surface area (Å²) in [6, 6.07) is 4.06. The predicted octanol–water partition coefficient (Wildman–Crippen LogP) is 2.14. The van der Waals surface area contributed by atoms with Crippen LogP contribution >= 0.6 is 0 Å². The van der Waals surface area contributed by atoms with Gasteiger partial charge < -0.3 is 19.4 Å². The number of ether oxygens (including phenoxy) is 2. The lowest BCUT2D eigenvalue weighted by Crippen LogP contribution is -2.42. The average molecular weight is 331 g/mol. The minimum atomic E-state index is -1.31. The minimum absolute atomic E-state index is 0.310. The zero-order valence-corrected chi connectivity index (χ0v) is 12.9. The van der Waals surface area contributed by atoms with E-state index in [4.69, 9.17) is 9.47 Å². The van der Waals surface area contributed by atoms with E-state index in [1.807, 2.05) is 0 Å². The van der Waals surface area contributed by atoms with Crippen molar-refractivity contribution in [1.82, 2.24) is 9.55 Å². The minimum Gasteiger partial charge on any atom is -0.419 e. The standard InChI is InChI=1S/C16H14FN3O4/c1-16(2)23-14(21)11(15(22)24-16)8-19-12-7-10(17)3-4-13(12)20-6-5-18-9-20/h3-9,19H,1-2H3. The molecule has 1 aromatic carbocycles. The topological polar surface area (TPSA) is 82.5 Å². The van der Waals surface area contributed by atoms with Gasteiger partial charge in [0.1, 0.15) is 5.82 Å². The van der Waals surface area contributed by atoms with Crippen molar-refractivity contribution in [2.75, 3.05) is 5.32 Å². The normalized spacial score (nSPS) is 16.4. The van der Waals surface area contributed by atoms with Gasteiger partial charge in [-0.05, 0) is 18.2 Å². The molecular formula is C16H14FN3O4. The Morgan fingerprint density at radius 1 is 1.25 bits per heavy atom. The first-order valence-electron chi connectivity index (χ1n) is 7.07. The van der Waals surface area contributed by atoms with E-state index in [1.165, 1.54) is 32.3 Å². The second-order valence-corrected chi connectivity index (χ2v) is 5.51. The number of benzene rings is 1. The molecule has 1 aliphatic rings. The van der Waals surface area contributed by atoms with Crippen LogP contribution in [0.25, 0.3) is 5.69 Å². The zero-order valence-electron chi connectivity index (χ0n) is 12.9.